The van der Waals surface area contributed by atoms with Crippen molar-refractivity contribution in [3.8, 4) is 11.1 Å². The molecule has 0 heterocycles. The molecular weight excluding hydrogens is 450 g/mol. The Morgan fingerprint density at radius 1 is 0.778 bits per heavy atom. The van der Waals surface area contributed by atoms with E-state index in [-0.39, 0.29) is 11.6 Å². The summed E-state index contributed by atoms with van der Waals surface area (Å²) < 4.78 is 35.9. The lowest BCUT2D eigenvalue weighted by Crippen LogP contribution is -2.27. The zero-order chi connectivity index (χ0) is 25.5. The fourth-order valence-corrected chi connectivity index (χ4v) is 7.04. The van der Waals surface area contributed by atoms with Crippen LogP contribution in [0.25, 0.3) is 11.1 Å². The first kappa shape index (κ1) is 27.3. The summed E-state index contributed by atoms with van der Waals surface area (Å²) in [7, 11) is 1.83. The monoisotopic (exact) mass is 496 g/mol. The molecule has 2 aliphatic rings. The molecule has 1 atom stereocenters. The number of ether oxygens (including phenoxy) is 1. The second-order valence-electron chi connectivity index (χ2n) is 11.6. The first-order valence-corrected chi connectivity index (χ1v) is 14.6. The topological polar surface area (TPSA) is 9.23 Å². The Morgan fingerprint density at radius 2 is 1.39 bits per heavy atom. The molecule has 198 valence electrons. The van der Waals surface area contributed by atoms with Gasteiger partial charge in [-0.2, -0.15) is 0 Å². The van der Waals surface area contributed by atoms with Gasteiger partial charge in [-0.05, 0) is 105 Å². The predicted octanol–water partition coefficient (Wildman–Crippen LogP) is 9.87. The lowest BCUT2D eigenvalue weighted by atomic mass is 9.77. The minimum atomic E-state index is -0.311. The van der Waals surface area contributed by atoms with Crippen molar-refractivity contribution in [2.75, 3.05) is 7.11 Å². The molecule has 4 rings (SSSR count). The fourth-order valence-electron chi connectivity index (χ4n) is 7.04. The SMILES string of the molecule is CCCC1CCC(c2ccc(-c3ccc(CCC4CCC(C(CC)OC)CC4)cc3F)c(F)c2)CC1. The van der Waals surface area contributed by atoms with Gasteiger partial charge in [0, 0.05) is 18.2 Å². The van der Waals surface area contributed by atoms with Gasteiger partial charge in [0.25, 0.3) is 0 Å². The third kappa shape index (κ3) is 6.77. The summed E-state index contributed by atoms with van der Waals surface area (Å²) in [5.74, 6) is 2.06. The van der Waals surface area contributed by atoms with Crippen LogP contribution in [-0.2, 0) is 11.2 Å². The van der Waals surface area contributed by atoms with Crippen LogP contribution in [0.15, 0.2) is 36.4 Å². The Balaban J connectivity index is 1.32. The van der Waals surface area contributed by atoms with Crippen LogP contribution in [0.4, 0.5) is 8.78 Å². The van der Waals surface area contributed by atoms with Crippen molar-refractivity contribution in [1.29, 1.82) is 0 Å². The molecule has 0 N–H and O–H groups in total. The first-order chi connectivity index (χ1) is 17.5. The van der Waals surface area contributed by atoms with Gasteiger partial charge in [0.1, 0.15) is 11.6 Å². The summed E-state index contributed by atoms with van der Waals surface area (Å²) in [5.41, 5.74) is 2.85. The van der Waals surface area contributed by atoms with E-state index in [1.165, 1.54) is 51.4 Å². The van der Waals surface area contributed by atoms with Crippen LogP contribution in [0, 0.1) is 29.4 Å². The molecule has 0 aliphatic heterocycles. The van der Waals surface area contributed by atoms with E-state index in [9.17, 15) is 0 Å². The summed E-state index contributed by atoms with van der Waals surface area (Å²) in [4.78, 5) is 0. The smallest absolute Gasteiger partial charge is 0.131 e. The van der Waals surface area contributed by atoms with Crippen LogP contribution >= 0.6 is 0 Å². The van der Waals surface area contributed by atoms with Crippen LogP contribution in [0.3, 0.4) is 0 Å². The van der Waals surface area contributed by atoms with Crippen molar-refractivity contribution < 1.29 is 13.5 Å². The van der Waals surface area contributed by atoms with Crippen molar-refractivity contribution in [3.63, 3.8) is 0 Å². The average Bonchev–Trinajstić information content (AvgIpc) is 2.90. The molecule has 0 aromatic heterocycles. The van der Waals surface area contributed by atoms with Crippen LogP contribution in [-0.4, -0.2) is 13.2 Å². The number of rotatable bonds is 10. The molecule has 3 heteroatoms. The number of aryl methyl sites for hydroxylation is 1. The largest absolute Gasteiger partial charge is 0.381 e. The van der Waals surface area contributed by atoms with Crippen molar-refractivity contribution in [1.82, 2.24) is 0 Å². The van der Waals surface area contributed by atoms with E-state index in [1.807, 2.05) is 19.2 Å². The molecular formula is C33H46F2O. The molecule has 0 bridgehead atoms. The van der Waals surface area contributed by atoms with Gasteiger partial charge < -0.3 is 4.74 Å². The normalized spacial score (nSPS) is 25.6. The van der Waals surface area contributed by atoms with Crippen LogP contribution < -0.4 is 0 Å². The molecule has 2 aromatic carbocycles. The van der Waals surface area contributed by atoms with Crippen LogP contribution in [0.5, 0.6) is 0 Å². The molecule has 0 spiro atoms. The van der Waals surface area contributed by atoms with Gasteiger partial charge in [0.15, 0.2) is 0 Å². The van der Waals surface area contributed by atoms with Gasteiger partial charge in [-0.1, -0.05) is 63.8 Å². The van der Waals surface area contributed by atoms with E-state index in [2.05, 4.69) is 13.8 Å². The second kappa shape index (κ2) is 13.2. The Hall–Kier alpha value is -1.74. The van der Waals surface area contributed by atoms with E-state index in [4.69, 9.17) is 4.74 Å². The number of benzene rings is 2. The summed E-state index contributed by atoms with van der Waals surface area (Å²) in [6.45, 7) is 4.46. The summed E-state index contributed by atoms with van der Waals surface area (Å²) in [5, 5.41) is 0. The van der Waals surface area contributed by atoms with Crippen molar-refractivity contribution in [2.24, 2.45) is 17.8 Å². The Labute approximate surface area is 218 Å². The molecule has 0 saturated heterocycles. The Kier molecular flexibility index (Phi) is 9.99. The second-order valence-corrected chi connectivity index (χ2v) is 11.6. The minimum absolute atomic E-state index is 0.298. The molecule has 0 amide bonds. The molecule has 36 heavy (non-hydrogen) atoms. The van der Waals surface area contributed by atoms with Crippen LogP contribution in [0.1, 0.15) is 108 Å². The van der Waals surface area contributed by atoms with E-state index < -0.39 is 0 Å². The third-order valence-corrected chi connectivity index (χ3v) is 9.30. The summed E-state index contributed by atoms with van der Waals surface area (Å²) in [6, 6.07) is 10.9. The van der Waals surface area contributed by atoms with Gasteiger partial charge in [-0.25, -0.2) is 8.78 Å². The van der Waals surface area contributed by atoms with E-state index >= 15 is 8.78 Å². The van der Waals surface area contributed by atoms with Gasteiger partial charge in [-0.3, -0.25) is 0 Å². The van der Waals surface area contributed by atoms with E-state index in [1.54, 1.807) is 24.3 Å². The maximum absolute atomic E-state index is 15.1. The zero-order valence-electron chi connectivity index (χ0n) is 22.7. The van der Waals surface area contributed by atoms with E-state index in [0.717, 1.165) is 49.1 Å². The minimum Gasteiger partial charge on any atom is -0.381 e. The Bertz CT molecular complexity index is 950. The lowest BCUT2D eigenvalue weighted by molar-refractivity contribution is 0.0266. The highest BCUT2D eigenvalue weighted by molar-refractivity contribution is 5.65. The number of hydrogen-bond acceptors (Lipinski definition) is 1. The first-order valence-electron chi connectivity index (χ1n) is 14.6. The Morgan fingerprint density at radius 3 is 1.97 bits per heavy atom. The number of hydrogen-bond donors (Lipinski definition) is 0. The highest BCUT2D eigenvalue weighted by Gasteiger charge is 2.27. The number of methoxy groups -OCH3 is 1. The van der Waals surface area contributed by atoms with E-state index in [0.29, 0.717) is 35.0 Å². The average molecular weight is 497 g/mol. The fraction of sp³-hybridized carbons (Fsp3) is 0.636. The van der Waals surface area contributed by atoms with Crippen molar-refractivity contribution >= 4 is 0 Å². The molecule has 2 aliphatic carbocycles. The predicted molar refractivity (Wildman–Crippen MR) is 146 cm³/mol. The summed E-state index contributed by atoms with van der Waals surface area (Å²) >= 11 is 0. The molecule has 2 saturated carbocycles. The van der Waals surface area contributed by atoms with Gasteiger partial charge in [0.2, 0.25) is 0 Å². The standard InChI is InChI=1S/C33H46F2O/c1-4-6-23-9-14-26(15-10-23)28-18-20-30(32(35)22-28)29-19-13-25(21-31(29)34)8-7-24-11-16-27(17-12-24)33(5-2)36-3/h13,18-24,26-27,33H,4-12,14-17H2,1-3H3. The zero-order valence-corrected chi connectivity index (χ0v) is 22.7. The highest BCUT2D eigenvalue weighted by Crippen LogP contribution is 2.39. The van der Waals surface area contributed by atoms with Crippen LogP contribution in [0.2, 0.25) is 0 Å². The molecule has 2 fully saturated rings. The maximum Gasteiger partial charge on any atom is 0.131 e. The van der Waals surface area contributed by atoms with Crippen molar-refractivity contribution in [2.45, 2.75) is 109 Å². The van der Waals surface area contributed by atoms with Crippen molar-refractivity contribution in [3.05, 3.63) is 59.2 Å². The number of halogens is 2. The van der Waals surface area contributed by atoms with Gasteiger partial charge in [-0.15, -0.1) is 0 Å². The van der Waals surface area contributed by atoms with Gasteiger partial charge in [0.05, 0.1) is 6.10 Å². The molecule has 0 radical (unpaired) electrons. The molecule has 1 unspecified atom stereocenters. The molecule has 2 aromatic rings. The molecule has 1 nitrogen and oxygen atoms in total. The third-order valence-electron chi connectivity index (χ3n) is 9.30. The van der Waals surface area contributed by atoms with Gasteiger partial charge >= 0.3 is 0 Å². The lowest BCUT2D eigenvalue weighted by Gasteiger charge is -2.32. The quantitative estimate of drug-likeness (QED) is 0.318. The summed E-state index contributed by atoms with van der Waals surface area (Å²) in [6.07, 6.45) is 15.7. The highest BCUT2D eigenvalue weighted by atomic mass is 19.1. The maximum atomic E-state index is 15.1.